The molecule has 0 aliphatic carbocycles. The highest BCUT2D eigenvalue weighted by Gasteiger charge is 2.28. The topological polar surface area (TPSA) is 75.6 Å². The summed E-state index contributed by atoms with van der Waals surface area (Å²) in [6, 6.07) is 0. The second-order valence-corrected chi connectivity index (χ2v) is 3.95. The minimum Gasteiger partial charge on any atom is -0.480 e. The molecule has 1 amide bonds. The van der Waals surface area contributed by atoms with Gasteiger partial charge in [0.05, 0.1) is 6.61 Å². The standard InChI is InChI=1S/C11H19NO4/c1-4-7-16-8-5-6-9(13)12-11(2,3)10(14)15/h4H,1,5-8H2,2-3H3,(H,12,13)(H,14,15). The lowest BCUT2D eigenvalue weighted by Crippen LogP contribution is -2.49. The number of carbonyl (C=O) groups excluding carboxylic acids is 1. The fourth-order valence-corrected chi connectivity index (χ4v) is 0.966. The highest BCUT2D eigenvalue weighted by atomic mass is 16.5. The monoisotopic (exact) mass is 229 g/mol. The maximum Gasteiger partial charge on any atom is 0.328 e. The molecule has 92 valence electrons. The lowest BCUT2D eigenvalue weighted by molar-refractivity contribution is -0.146. The summed E-state index contributed by atoms with van der Waals surface area (Å²) in [5, 5.41) is 11.2. The molecule has 0 fully saturated rings. The van der Waals surface area contributed by atoms with Crippen molar-refractivity contribution in [3.8, 4) is 0 Å². The second kappa shape index (κ2) is 7.00. The molecule has 0 bridgehead atoms. The van der Waals surface area contributed by atoms with Gasteiger partial charge in [0.25, 0.3) is 0 Å². The molecule has 0 atom stereocenters. The number of aliphatic carboxylic acids is 1. The zero-order chi connectivity index (χ0) is 12.6. The van der Waals surface area contributed by atoms with Gasteiger partial charge in [-0.15, -0.1) is 6.58 Å². The van der Waals surface area contributed by atoms with Crippen molar-refractivity contribution in [1.29, 1.82) is 0 Å². The van der Waals surface area contributed by atoms with E-state index in [0.29, 0.717) is 19.6 Å². The first kappa shape index (κ1) is 14.6. The van der Waals surface area contributed by atoms with E-state index in [2.05, 4.69) is 11.9 Å². The summed E-state index contributed by atoms with van der Waals surface area (Å²) in [6.45, 7) is 7.31. The van der Waals surface area contributed by atoms with Gasteiger partial charge in [0.15, 0.2) is 0 Å². The number of carbonyl (C=O) groups is 2. The Morgan fingerprint density at radius 1 is 1.50 bits per heavy atom. The average molecular weight is 229 g/mol. The third-order valence-corrected chi connectivity index (χ3v) is 1.91. The van der Waals surface area contributed by atoms with Gasteiger partial charge in [-0.3, -0.25) is 4.79 Å². The van der Waals surface area contributed by atoms with E-state index in [4.69, 9.17) is 9.84 Å². The Morgan fingerprint density at radius 3 is 2.62 bits per heavy atom. The van der Waals surface area contributed by atoms with E-state index in [1.54, 1.807) is 6.08 Å². The van der Waals surface area contributed by atoms with Crippen LogP contribution >= 0.6 is 0 Å². The molecule has 0 spiro atoms. The van der Waals surface area contributed by atoms with Crippen molar-refractivity contribution in [3.63, 3.8) is 0 Å². The summed E-state index contributed by atoms with van der Waals surface area (Å²) >= 11 is 0. The molecule has 5 heteroatoms. The van der Waals surface area contributed by atoms with Gasteiger partial charge in [-0.2, -0.15) is 0 Å². The van der Waals surface area contributed by atoms with E-state index in [9.17, 15) is 9.59 Å². The van der Waals surface area contributed by atoms with Gasteiger partial charge < -0.3 is 15.2 Å². The number of hydrogen-bond acceptors (Lipinski definition) is 3. The van der Waals surface area contributed by atoms with Crippen LogP contribution in [0.2, 0.25) is 0 Å². The molecular weight excluding hydrogens is 210 g/mol. The predicted octanol–water partition coefficient (Wildman–Crippen LogP) is 0.949. The van der Waals surface area contributed by atoms with Gasteiger partial charge in [-0.05, 0) is 20.3 Å². The Kier molecular flexibility index (Phi) is 6.41. The van der Waals surface area contributed by atoms with E-state index in [0.717, 1.165) is 0 Å². The number of carboxylic acids is 1. The quantitative estimate of drug-likeness (QED) is 0.480. The fraction of sp³-hybridized carbons (Fsp3) is 0.636. The molecule has 0 rings (SSSR count). The van der Waals surface area contributed by atoms with Crippen LogP contribution in [0.5, 0.6) is 0 Å². The van der Waals surface area contributed by atoms with Crippen LogP contribution in [0.25, 0.3) is 0 Å². The maximum absolute atomic E-state index is 11.3. The highest BCUT2D eigenvalue weighted by Crippen LogP contribution is 2.03. The molecule has 0 radical (unpaired) electrons. The van der Waals surface area contributed by atoms with Gasteiger partial charge in [-0.1, -0.05) is 6.08 Å². The summed E-state index contributed by atoms with van der Waals surface area (Å²) in [5.74, 6) is -1.33. The second-order valence-electron chi connectivity index (χ2n) is 3.95. The molecule has 0 aliphatic rings. The largest absolute Gasteiger partial charge is 0.480 e. The van der Waals surface area contributed by atoms with Crippen LogP contribution in [0, 0.1) is 0 Å². The normalized spacial score (nSPS) is 10.9. The van der Waals surface area contributed by atoms with E-state index < -0.39 is 11.5 Å². The van der Waals surface area contributed by atoms with Crippen LogP contribution in [-0.2, 0) is 14.3 Å². The van der Waals surface area contributed by atoms with Gasteiger partial charge >= 0.3 is 5.97 Å². The number of rotatable bonds is 8. The highest BCUT2D eigenvalue weighted by molar-refractivity contribution is 5.86. The van der Waals surface area contributed by atoms with Crippen molar-refractivity contribution in [2.75, 3.05) is 13.2 Å². The third-order valence-electron chi connectivity index (χ3n) is 1.91. The minimum absolute atomic E-state index is 0.258. The molecule has 2 N–H and O–H groups in total. The first-order valence-corrected chi connectivity index (χ1v) is 5.13. The SMILES string of the molecule is C=CCOCCCC(=O)NC(C)(C)C(=O)O. The lowest BCUT2D eigenvalue weighted by atomic mass is 10.1. The van der Waals surface area contributed by atoms with Crippen LogP contribution in [0.3, 0.4) is 0 Å². The Labute approximate surface area is 95.5 Å². The van der Waals surface area contributed by atoms with Crippen molar-refractivity contribution in [2.45, 2.75) is 32.2 Å². The molecule has 16 heavy (non-hydrogen) atoms. The molecule has 0 saturated heterocycles. The van der Waals surface area contributed by atoms with Crippen LogP contribution in [0.4, 0.5) is 0 Å². The van der Waals surface area contributed by atoms with Gasteiger partial charge in [0.1, 0.15) is 5.54 Å². The smallest absolute Gasteiger partial charge is 0.328 e. The van der Waals surface area contributed by atoms with Crippen molar-refractivity contribution in [3.05, 3.63) is 12.7 Å². The molecule has 0 unspecified atom stereocenters. The number of amides is 1. The number of nitrogens with one attached hydrogen (secondary N) is 1. The first-order chi connectivity index (χ1) is 7.40. The van der Waals surface area contributed by atoms with Crippen molar-refractivity contribution in [2.24, 2.45) is 0 Å². The van der Waals surface area contributed by atoms with Gasteiger partial charge in [0, 0.05) is 13.0 Å². The van der Waals surface area contributed by atoms with Crippen molar-refractivity contribution >= 4 is 11.9 Å². The summed E-state index contributed by atoms with van der Waals surface area (Å²) < 4.78 is 5.10. The van der Waals surface area contributed by atoms with E-state index in [1.165, 1.54) is 13.8 Å². The Balaban J connectivity index is 3.74. The number of carboxylic acid groups (broad SMARTS) is 1. The van der Waals surface area contributed by atoms with Crippen molar-refractivity contribution in [1.82, 2.24) is 5.32 Å². The van der Waals surface area contributed by atoms with E-state index >= 15 is 0 Å². The molecule has 0 aliphatic heterocycles. The van der Waals surface area contributed by atoms with Crippen LogP contribution in [0.1, 0.15) is 26.7 Å². The van der Waals surface area contributed by atoms with Crippen molar-refractivity contribution < 1.29 is 19.4 Å². The molecular formula is C11H19NO4. The average Bonchev–Trinajstić information content (AvgIpc) is 2.16. The molecule has 0 saturated carbocycles. The van der Waals surface area contributed by atoms with Crippen LogP contribution in [0.15, 0.2) is 12.7 Å². The van der Waals surface area contributed by atoms with E-state index in [1.807, 2.05) is 0 Å². The summed E-state index contributed by atoms with van der Waals surface area (Å²) in [5.41, 5.74) is -1.22. The summed E-state index contributed by atoms with van der Waals surface area (Å²) in [7, 11) is 0. The first-order valence-electron chi connectivity index (χ1n) is 5.13. The van der Waals surface area contributed by atoms with E-state index in [-0.39, 0.29) is 12.3 Å². The maximum atomic E-state index is 11.3. The molecule has 5 nitrogen and oxygen atoms in total. The summed E-state index contributed by atoms with van der Waals surface area (Å²) in [6.07, 6.45) is 2.46. The Bertz CT molecular complexity index is 261. The number of hydrogen-bond donors (Lipinski definition) is 2. The Morgan fingerprint density at radius 2 is 2.12 bits per heavy atom. The molecule has 0 aromatic rings. The zero-order valence-corrected chi connectivity index (χ0v) is 9.78. The molecule has 0 aromatic carbocycles. The zero-order valence-electron chi connectivity index (χ0n) is 9.78. The number of ether oxygens (including phenoxy) is 1. The lowest BCUT2D eigenvalue weighted by Gasteiger charge is -2.20. The minimum atomic E-state index is -1.22. The van der Waals surface area contributed by atoms with Crippen LogP contribution in [-0.4, -0.2) is 35.7 Å². The fourth-order valence-electron chi connectivity index (χ4n) is 0.966. The summed E-state index contributed by atoms with van der Waals surface area (Å²) in [4.78, 5) is 22.1. The van der Waals surface area contributed by atoms with Gasteiger partial charge in [-0.25, -0.2) is 4.79 Å². The molecule has 0 aromatic heterocycles. The molecule has 0 heterocycles. The van der Waals surface area contributed by atoms with Crippen LogP contribution < -0.4 is 5.32 Å². The predicted molar refractivity (Wildman–Crippen MR) is 60.1 cm³/mol. The third kappa shape index (κ3) is 6.19. The Hall–Kier alpha value is -1.36. The van der Waals surface area contributed by atoms with Gasteiger partial charge in [0.2, 0.25) is 5.91 Å².